The molecule has 16 heavy (non-hydrogen) atoms. The summed E-state index contributed by atoms with van der Waals surface area (Å²) in [6.45, 7) is 0.474. The van der Waals surface area contributed by atoms with E-state index >= 15 is 0 Å². The van der Waals surface area contributed by atoms with Gasteiger partial charge < -0.3 is 5.32 Å². The molecule has 0 aliphatic heterocycles. The van der Waals surface area contributed by atoms with Gasteiger partial charge in [0.15, 0.2) is 3.92 Å². The van der Waals surface area contributed by atoms with Crippen molar-refractivity contribution < 1.29 is 4.79 Å². The molecule has 4 nitrogen and oxygen atoms in total. The molecule has 0 bridgehead atoms. The summed E-state index contributed by atoms with van der Waals surface area (Å²) in [5.41, 5.74) is 0.972. The van der Waals surface area contributed by atoms with Crippen molar-refractivity contribution in [2.24, 2.45) is 0 Å². The second-order valence-electron chi connectivity index (χ2n) is 3.02. The Hall–Kier alpha value is -1.27. The SMILES string of the molecule is O=C(NCc1cccnc1)c1cnc(Br)s1. The van der Waals surface area contributed by atoms with Gasteiger partial charge in [-0.2, -0.15) is 0 Å². The lowest BCUT2D eigenvalue weighted by Gasteiger charge is -2.02. The van der Waals surface area contributed by atoms with Gasteiger partial charge in [-0.1, -0.05) is 6.07 Å². The predicted molar refractivity (Wildman–Crippen MR) is 65.2 cm³/mol. The average Bonchev–Trinajstić information content (AvgIpc) is 2.74. The molecule has 6 heteroatoms. The molecule has 0 spiro atoms. The maximum Gasteiger partial charge on any atom is 0.263 e. The Morgan fingerprint density at radius 3 is 3.00 bits per heavy atom. The second kappa shape index (κ2) is 5.18. The van der Waals surface area contributed by atoms with Crippen LogP contribution in [-0.2, 0) is 6.54 Å². The van der Waals surface area contributed by atoms with Crippen LogP contribution in [-0.4, -0.2) is 15.9 Å². The average molecular weight is 298 g/mol. The van der Waals surface area contributed by atoms with E-state index in [1.807, 2.05) is 12.1 Å². The number of thiazole rings is 1. The first-order valence-electron chi connectivity index (χ1n) is 4.54. The van der Waals surface area contributed by atoms with Crippen molar-refractivity contribution in [3.05, 3.63) is 45.1 Å². The maximum atomic E-state index is 11.6. The van der Waals surface area contributed by atoms with Crippen molar-refractivity contribution in [1.82, 2.24) is 15.3 Å². The van der Waals surface area contributed by atoms with Gasteiger partial charge in [0.25, 0.3) is 5.91 Å². The molecule has 2 aromatic rings. The van der Waals surface area contributed by atoms with E-state index in [9.17, 15) is 4.79 Å². The smallest absolute Gasteiger partial charge is 0.263 e. The van der Waals surface area contributed by atoms with E-state index in [0.717, 1.165) is 5.56 Å². The van der Waals surface area contributed by atoms with Crippen LogP contribution in [0.5, 0.6) is 0 Å². The highest BCUT2D eigenvalue weighted by Crippen LogP contribution is 2.18. The fourth-order valence-corrected chi connectivity index (χ4v) is 2.31. The van der Waals surface area contributed by atoms with Gasteiger partial charge in [0.1, 0.15) is 4.88 Å². The number of aromatic nitrogens is 2. The minimum absolute atomic E-state index is 0.118. The van der Waals surface area contributed by atoms with Crippen molar-refractivity contribution in [1.29, 1.82) is 0 Å². The van der Waals surface area contributed by atoms with Gasteiger partial charge in [-0.25, -0.2) is 4.98 Å². The molecular weight excluding hydrogens is 290 g/mol. The van der Waals surface area contributed by atoms with Crippen molar-refractivity contribution in [2.75, 3.05) is 0 Å². The van der Waals surface area contributed by atoms with Crippen molar-refractivity contribution in [2.45, 2.75) is 6.54 Å². The Morgan fingerprint density at radius 1 is 1.50 bits per heavy atom. The number of nitrogens with one attached hydrogen (secondary N) is 1. The van der Waals surface area contributed by atoms with Gasteiger partial charge in [0.2, 0.25) is 0 Å². The summed E-state index contributed by atoms with van der Waals surface area (Å²) in [6, 6.07) is 3.75. The Kier molecular flexibility index (Phi) is 3.63. The fraction of sp³-hybridized carbons (Fsp3) is 0.100. The van der Waals surface area contributed by atoms with Crippen LogP contribution in [0.2, 0.25) is 0 Å². The van der Waals surface area contributed by atoms with E-state index in [1.165, 1.54) is 11.3 Å². The van der Waals surface area contributed by atoms with E-state index in [2.05, 4.69) is 31.2 Å². The summed E-state index contributed by atoms with van der Waals surface area (Å²) in [5.74, 6) is -0.118. The molecule has 2 rings (SSSR count). The van der Waals surface area contributed by atoms with Gasteiger partial charge in [0, 0.05) is 18.9 Å². The van der Waals surface area contributed by atoms with E-state index in [-0.39, 0.29) is 5.91 Å². The van der Waals surface area contributed by atoms with E-state index in [0.29, 0.717) is 15.3 Å². The Bertz CT molecular complexity index is 486. The van der Waals surface area contributed by atoms with Crippen LogP contribution in [0.25, 0.3) is 0 Å². The number of carbonyl (C=O) groups excluding carboxylic acids is 1. The summed E-state index contributed by atoms with van der Waals surface area (Å²) < 4.78 is 0.707. The molecule has 0 atom stereocenters. The summed E-state index contributed by atoms with van der Waals surface area (Å²) >= 11 is 4.52. The first kappa shape index (κ1) is 11.2. The van der Waals surface area contributed by atoms with Crippen LogP contribution in [0.3, 0.4) is 0 Å². The molecule has 0 radical (unpaired) electrons. The third kappa shape index (κ3) is 2.86. The first-order chi connectivity index (χ1) is 7.75. The van der Waals surface area contributed by atoms with Crippen LogP contribution >= 0.6 is 27.3 Å². The molecule has 82 valence electrons. The van der Waals surface area contributed by atoms with Gasteiger partial charge in [0.05, 0.1) is 6.20 Å². The lowest BCUT2D eigenvalue weighted by atomic mass is 10.3. The number of halogens is 1. The van der Waals surface area contributed by atoms with Gasteiger partial charge >= 0.3 is 0 Å². The van der Waals surface area contributed by atoms with Crippen molar-refractivity contribution in [3.63, 3.8) is 0 Å². The highest BCUT2D eigenvalue weighted by atomic mass is 79.9. The van der Waals surface area contributed by atoms with E-state index in [4.69, 9.17) is 0 Å². The summed E-state index contributed by atoms with van der Waals surface area (Å²) in [7, 11) is 0. The lowest BCUT2D eigenvalue weighted by Crippen LogP contribution is -2.21. The maximum absolute atomic E-state index is 11.6. The molecule has 0 unspecified atom stereocenters. The number of rotatable bonds is 3. The van der Waals surface area contributed by atoms with E-state index in [1.54, 1.807) is 18.6 Å². The van der Waals surface area contributed by atoms with Crippen LogP contribution in [0.1, 0.15) is 15.2 Å². The molecule has 0 fully saturated rings. The summed E-state index contributed by atoms with van der Waals surface area (Å²) in [5, 5.41) is 2.80. The Labute approximate surface area is 105 Å². The second-order valence-corrected chi connectivity index (χ2v) is 5.33. The van der Waals surface area contributed by atoms with Crippen molar-refractivity contribution >= 4 is 33.2 Å². The summed E-state index contributed by atoms with van der Waals surface area (Å²) in [6.07, 6.45) is 4.97. The van der Waals surface area contributed by atoms with Crippen molar-refractivity contribution in [3.8, 4) is 0 Å². The molecular formula is C10H8BrN3OS. The topological polar surface area (TPSA) is 54.9 Å². The lowest BCUT2D eigenvalue weighted by molar-refractivity contribution is 0.0954. The number of hydrogen-bond acceptors (Lipinski definition) is 4. The predicted octanol–water partition coefficient (Wildman–Crippen LogP) is 2.23. The van der Waals surface area contributed by atoms with Crippen LogP contribution in [0, 0.1) is 0 Å². The molecule has 0 aliphatic rings. The Balaban J connectivity index is 1.94. The molecule has 2 heterocycles. The molecule has 2 aromatic heterocycles. The normalized spacial score (nSPS) is 10.1. The zero-order chi connectivity index (χ0) is 11.4. The zero-order valence-corrected chi connectivity index (χ0v) is 10.6. The molecule has 0 aromatic carbocycles. The highest BCUT2D eigenvalue weighted by molar-refractivity contribution is 9.11. The molecule has 1 N–H and O–H groups in total. The fourth-order valence-electron chi connectivity index (χ4n) is 1.13. The minimum Gasteiger partial charge on any atom is -0.347 e. The Morgan fingerprint density at radius 2 is 2.38 bits per heavy atom. The van der Waals surface area contributed by atoms with Crippen LogP contribution in [0.15, 0.2) is 34.6 Å². The van der Waals surface area contributed by atoms with Crippen LogP contribution < -0.4 is 5.32 Å². The number of pyridine rings is 1. The first-order valence-corrected chi connectivity index (χ1v) is 6.15. The highest BCUT2D eigenvalue weighted by Gasteiger charge is 2.08. The molecule has 0 saturated carbocycles. The quantitative estimate of drug-likeness (QED) is 0.945. The van der Waals surface area contributed by atoms with Crippen LogP contribution in [0.4, 0.5) is 0 Å². The minimum atomic E-state index is -0.118. The third-order valence-corrected chi connectivity index (χ3v) is 3.35. The standard InChI is InChI=1S/C10H8BrN3OS/c11-10-14-6-8(16-10)9(15)13-5-7-2-1-3-12-4-7/h1-4,6H,5H2,(H,13,15). The molecule has 0 aliphatic carbocycles. The largest absolute Gasteiger partial charge is 0.347 e. The summed E-state index contributed by atoms with van der Waals surface area (Å²) in [4.78, 5) is 20.2. The van der Waals surface area contributed by atoms with E-state index < -0.39 is 0 Å². The number of carbonyl (C=O) groups is 1. The molecule has 1 amide bonds. The third-order valence-electron chi connectivity index (χ3n) is 1.88. The monoisotopic (exact) mass is 297 g/mol. The number of amides is 1. The van der Waals surface area contributed by atoms with Gasteiger partial charge in [-0.05, 0) is 27.6 Å². The molecule has 0 saturated heterocycles. The van der Waals surface area contributed by atoms with Gasteiger partial charge in [-0.15, -0.1) is 11.3 Å². The van der Waals surface area contributed by atoms with Gasteiger partial charge in [-0.3, -0.25) is 9.78 Å². The zero-order valence-electron chi connectivity index (χ0n) is 8.18. The number of hydrogen-bond donors (Lipinski definition) is 1. The number of nitrogens with zero attached hydrogens (tertiary/aromatic N) is 2.